The van der Waals surface area contributed by atoms with Gasteiger partial charge in [-0.05, 0) is 19.3 Å². The van der Waals surface area contributed by atoms with Crippen molar-refractivity contribution in [1.29, 1.82) is 0 Å². The van der Waals surface area contributed by atoms with Crippen molar-refractivity contribution in [2.45, 2.75) is 25.3 Å². The monoisotopic (exact) mass is 191 g/mol. The van der Waals surface area contributed by atoms with Crippen LogP contribution in [-0.2, 0) is 0 Å². The van der Waals surface area contributed by atoms with Crippen LogP contribution in [0.2, 0.25) is 0 Å². The van der Waals surface area contributed by atoms with Gasteiger partial charge >= 0.3 is 0 Å². The van der Waals surface area contributed by atoms with Crippen LogP contribution in [0, 0.1) is 11.8 Å². The van der Waals surface area contributed by atoms with Crippen LogP contribution in [0.4, 0.5) is 0 Å². The highest BCUT2D eigenvalue weighted by atomic mass is 15.1. The Morgan fingerprint density at radius 2 is 2.29 bits per heavy atom. The Hall–Kier alpha value is -0.960. The molecular weight excluding hydrogens is 174 g/mol. The quantitative estimate of drug-likeness (QED) is 0.527. The molecule has 3 rings (SSSR count). The van der Waals surface area contributed by atoms with Crippen LogP contribution in [-0.4, -0.2) is 12.7 Å². The third kappa shape index (κ3) is 1.08. The number of hydrogen-bond donors (Lipinski definition) is 3. The zero-order chi connectivity index (χ0) is 9.54. The maximum atomic E-state index is 6.07. The molecule has 76 valence electrons. The standard InChI is InChI=1S/C11H17N3/c12-8-4-5-10-11-7(8)2-1-3-9(11)13-6-14-10/h3-4,7,10-11,13-14H,1-2,5-6,12H2. The molecule has 3 heteroatoms. The third-order valence-corrected chi connectivity index (χ3v) is 3.76. The number of allylic oxidation sites excluding steroid dienone is 2. The van der Waals surface area contributed by atoms with E-state index in [0.29, 0.717) is 17.9 Å². The van der Waals surface area contributed by atoms with Crippen LogP contribution in [0.5, 0.6) is 0 Å². The first-order valence-electron chi connectivity index (χ1n) is 5.49. The number of nitrogens with one attached hydrogen (secondary N) is 2. The molecule has 0 aromatic rings. The minimum absolute atomic E-state index is 0.578. The normalized spacial score (nSPS) is 40.4. The highest BCUT2D eigenvalue weighted by molar-refractivity contribution is 5.25. The first-order chi connectivity index (χ1) is 6.86. The van der Waals surface area contributed by atoms with Gasteiger partial charge in [-0.1, -0.05) is 12.2 Å². The van der Waals surface area contributed by atoms with E-state index in [-0.39, 0.29) is 0 Å². The fourth-order valence-electron chi connectivity index (χ4n) is 3.07. The average molecular weight is 191 g/mol. The Morgan fingerprint density at radius 1 is 1.36 bits per heavy atom. The second kappa shape index (κ2) is 3.02. The van der Waals surface area contributed by atoms with E-state index >= 15 is 0 Å². The van der Waals surface area contributed by atoms with Crippen molar-refractivity contribution in [3.8, 4) is 0 Å². The lowest BCUT2D eigenvalue weighted by Gasteiger charge is -2.45. The molecule has 0 bridgehead atoms. The molecule has 0 radical (unpaired) electrons. The van der Waals surface area contributed by atoms with Crippen molar-refractivity contribution < 1.29 is 0 Å². The maximum absolute atomic E-state index is 6.07. The highest BCUT2D eigenvalue weighted by Crippen LogP contribution is 2.40. The largest absolute Gasteiger partial charge is 0.402 e. The van der Waals surface area contributed by atoms with E-state index in [1.807, 2.05) is 0 Å². The zero-order valence-electron chi connectivity index (χ0n) is 8.29. The summed E-state index contributed by atoms with van der Waals surface area (Å²) in [5, 5.41) is 6.96. The Morgan fingerprint density at radius 3 is 3.21 bits per heavy atom. The molecule has 1 heterocycles. The van der Waals surface area contributed by atoms with Gasteiger partial charge in [0.15, 0.2) is 0 Å². The SMILES string of the molecule is NC1=CCC2NCNC3=CCCC1C32. The van der Waals surface area contributed by atoms with Gasteiger partial charge in [-0.25, -0.2) is 0 Å². The molecule has 3 unspecified atom stereocenters. The van der Waals surface area contributed by atoms with Gasteiger partial charge in [0, 0.05) is 29.3 Å². The number of nitrogens with two attached hydrogens (primary N) is 1. The van der Waals surface area contributed by atoms with Gasteiger partial charge in [0.25, 0.3) is 0 Å². The van der Waals surface area contributed by atoms with Gasteiger partial charge in [-0.2, -0.15) is 0 Å². The molecule has 3 atom stereocenters. The first-order valence-corrected chi connectivity index (χ1v) is 5.49. The van der Waals surface area contributed by atoms with E-state index in [9.17, 15) is 0 Å². The Bertz CT molecular complexity index is 306. The fraction of sp³-hybridized carbons (Fsp3) is 0.636. The van der Waals surface area contributed by atoms with Crippen LogP contribution in [0.1, 0.15) is 19.3 Å². The summed E-state index contributed by atoms with van der Waals surface area (Å²) < 4.78 is 0. The summed E-state index contributed by atoms with van der Waals surface area (Å²) in [6.07, 6.45) is 8.05. The van der Waals surface area contributed by atoms with Crippen LogP contribution in [0.3, 0.4) is 0 Å². The second-order valence-electron chi connectivity index (χ2n) is 4.47. The molecule has 0 spiro atoms. The number of hydrogen-bond acceptors (Lipinski definition) is 3. The number of rotatable bonds is 0. The summed E-state index contributed by atoms with van der Waals surface area (Å²) in [5.41, 5.74) is 8.62. The lowest BCUT2D eigenvalue weighted by Crippen LogP contribution is -2.55. The van der Waals surface area contributed by atoms with Crippen LogP contribution in [0.15, 0.2) is 23.5 Å². The predicted molar refractivity (Wildman–Crippen MR) is 56.1 cm³/mol. The molecule has 2 aliphatic carbocycles. The van der Waals surface area contributed by atoms with Crippen LogP contribution in [0.25, 0.3) is 0 Å². The summed E-state index contributed by atoms with van der Waals surface area (Å²) in [4.78, 5) is 0. The fourth-order valence-corrected chi connectivity index (χ4v) is 3.07. The van der Waals surface area contributed by atoms with E-state index in [2.05, 4.69) is 22.8 Å². The summed E-state index contributed by atoms with van der Waals surface area (Å²) in [6.45, 7) is 0.910. The molecule has 1 saturated heterocycles. The summed E-state index contributed by atoms with van der Waals surface area (Å²) in [6, 6.07) is 0.611. The topological polar surface area (TPSA) is 50.1 Å². The minimum atomic E-state index is 0.578. The molecule has 3 aliphatic rings. The maximum Gasteiger partial charge on any atom is 0.0652 e. The Balaban J connectivity index is 1.99. The predicted octanol–water partition coefficient (Wildman–Crippen LogP) is 0.662. The summed E-state index contributed by atoms with van der Waals surface area (Å²) in [7, 11) is 0. The Labute approximate surface area is 84.4 Å². The summed E-state index contributed by atoms with van der Waals surface area (Å²) >= 11 is 0. The van der Waals surface area contributed by atoms with Gasteiger partial charge in [0.1, 0.15) is 0 Å². The molecule has 3 nitrogen and oxygen atoms in total. The second-order valence-corrected chi connectivity index (χ2v) is 4.47. The van der Waals surface area contributed by atoms with E-state index in [1.165, 1.54) is 18.5 Å². The van der Waals surface area contributed by atoms with Crippen molar-refractivity contribution in [2.24, 2.45) is 17.6 Å². The van der Waals surface area contributed by atoms with Gasteiger partial charge in [0.05, 0.1) is 6.67 Å². The molecule has 14 heavy (non-hydrogen) atoms. The molecule has 1 fully saturated rings. The molecule has 0 saturated carbocycles. The molecular formula is C11H17N3. The van der Waals surface area contributed by atoms with Crippen LogP contribution >= 0.6 is 0 Å². The van der Waals surface area contributed by atoms with Gasteiger partial charge in [-0.3, -0.25) is 5.32 Å². The van der Waals surface area contributed by atoms with Crippen molar-refractivity contribution in [3.05, 3.63) is 23.5 Å². The lowest BCUT2D eigenvalue weighted by atomic mass is 9.70. The van der Waals surface area contributed by atoms with Gasteiger partial charge < -0.3 is 11.1 Å². The van der Waals surface area contributed by atoms with E-state index in [4.69, 9.17) is 5.73 Å². The highest BCUT2D eigenvalue weighted by Gasteiger charge is 2.39. The Kier molecular flexibility index (Phi) is 1.80. The first kappa shape index (κ1) is 8.36. The molecule has 0 aromatic carbocycles. The molecule has 4 N–H and O–H groups in total. The average Bonchev–Trinajstić information content (AvgIpc) is 2.24. The minimum Gasteiger partial charge on any atom is -0.402 e. The van der Waals surface area contributed by atoms with Gasteiger partial charge in [0.2, 0.25) is 0 Å². The molecule has 0 amide bonds. The van der Waals surface area contributed by atoms with E-state index < -0.39 is 0 Å². The molecule has 0 aromatic heterocycles. The lowest BCUT2D eigenvalue weighted by molar-refractivity contribution is 0.228. The third-order valence-electron chi connectivity index (χ3n) is 3.76. The zero-order valence-corrected chi connectivity index (χ0v) is 8.29. The molecule has 1 aliphatic heterocycles. The van der Waals surface area contributed by atoms with E-state index in [0.717, 1.165) is 18.8 Å². The van der Waals surface area contributed by atoms with E-state index in [1.54, 1.807) is 0 Å². The van der Waals surface area contributed by atoms with Crippen molar-refractivity contribution in [3.63, 3.8) is 0 Å². The van der Waals surface area contributed by atoms with Crippen molar-refractivity contribution in [1.82, 2.24) is 10.6 Å². The van der Waals surface area contributed by atoms with Crippen LogP contribution < -0.4 is 16.4 Å². The van der Waals surface area contributed by atoms with Crippen molar-refractivity contribution >= 4 is 0 Å². The van der Waals surface area contributed by atoms with Crippen molar-refractivity contribution in [2.75, 3.05) is 6.67 Å². The smallest absolute Gasteiger partial charge is 0.0652 e. The summed E-state index contributed by atoms with van der Waals surface area (Å²) in [5.74, 6) is 1.19. The van der Waals surface area contributed by atoms with Gasteiger partial charge in [-0.15, -0.1) is 0 Å².